The van der Waals surface area contributed by atoms with Crippen molar-refractivity contribution in [2.75, 3.05) is 51.4 Å². The number of alkyl halides is 3. The number of nitrogens with zero attached hydrogens (tertiary/aromatic N) is 1. The van der Waals surface area contributed by atoms with Gasteiger partial charge >= 0.3 is 12.1 Å². The van der Waals surface area contributed by atoms with Crippen molar-refractivity contribution in [3.63, 3.8) is 0 Å². The number of hydrogen-bond donors (Lipinski definition) is 2. The molecule has 2 N–H and O–H groups in total. The van der Waals surface area contributed by atoms with Crippen LogP contribution in [0.15, 0.2) is 36.4 Å². The summed E-state index contributed by atoms with van der Waals surface area (Å²) in [7, 11) is 1.57. The molecule has 1 unspecified atom stereocenters. The molecule has 208 valence electrons. The van der Waals surface area contributed by atoms with Crippen LogP contribution in [-0.2, 0) is 22.4 Å². The van der Waals surface area contributed by atoms with Gasteiger partial charge in [-0.25, -0.2) is 0 Å². The average Bonchev–Trinajstić information content (AvgIpc) is 3.26. The number of benzene rings is 2. The second-order valence-electron chi connectivity index (χ2n) is 8.97. The van der Waals surface area contributed by atoms with E-state index in [1.165, 1.54) is 6.07 Å². The van der Waals surface area contributed by atoms with E-state index in [1.807, 2.05) is 17.9 Å². The lowest BCUT2D eigenvalue weighted by Crippen LogP contribution is -2.32. The molecule has 0 fully saturated rings. The van der Waals surface area contributed by atoms with Crippen molar-refractivity contribution >= 4 is 17.6 Å². The van der Waals surface area contributed by atoms with Gasteiger partial charge in [0, 0.05) is 26.2 Å². The topological polar surface area (TPSA) is 89.1 Å². The van der Waals surface area contributed by atoms with Crippen molar-refractivity contribution in [1.82, 2.24) is 10.6 Å². The Morgan fingerprint density at radius 2 is 1.84 bits per heavy atom. The summed E-state index contributed by atoms with van der Waals surface area (Å²) in [6, 6.07) is 10.2. The Kier molecular flexibility index (Phi) is 10.2. The Morgan fingerprint density at radius 3 is 2.50 bits per heavy atom. The smallest absolute Gasteiger partial charge is 0.422 e. The quantitative estimate of drug-likeness (QED) is 0.299. The average molecular weight is 538 g/mol. The van der Waals surface area contributed by atoms with Crippen molar-refractivity contribution < 1.29 is 37.0 Å². The summed E-state index contributed by atoms with van der Waals surface area (Å²) in [6.45, 7) is 4.07. The summed E-state index contributed by atoms with van der Waals surface area (Å²) in [5.74, 6) is -0.275. The number of carbonyl (C=O) groups excluding carboxylic acids is 2. The molecule has 2 aromatic carbocycles. The van der Waals surface area contributed by atoms with Crippen molar-refractivity contribution in [2.24, 2.45) is 0 Å². The molecule has 0 radical (unpaired) electrons. The third-order valence-electron chi connectivity index (χ3n) is 5.95. The highest BCUT2D eigenvalue weighted by Gasteiger charge is 2.29. The van der Waals surface area contributed by atoms with E-state index in [1.54, 1.807) is 32.2 Å². The van der Waals surface area contributed by atoms with E-state index in [4.69, 9.17) is 14.2 Å². The number of para-hydroxylation sites is 2. The minimum absolute atomic E-state index is 0.0305. The lowest BCUT2D eigenvalue weighted by atomic mass is 9.98. The first-order valence-electron chi connectivity index (χ1n) is 12.5. The molecule has 38 heavy (non-hydrogen) atoms. The molecule has 8 nitrogen and oxygen atoms in total. The number of anilines is 1. The van der Waals surface area contributed by atoms with Gasteiger partial charge in [0.25, 0.3) is 5.91 Å². The molecule has 1 amide bonds. The van der Waals surface area contributed by atoms with Crippen molar-refractivity contribution in [2.45, 2.75) is 38.9 Å². The van der Waals surface area contributed by atoms with E-state index in [-0.39, 0.29) is 42.6 Å². The van der Waals surface area contributed by atoms with E-state index in [0.29, 0.717) is 31.7 Å². The van der Waals surface area contributed by atoms with Crippen molar-refractivity contribution in [3.8, 4) is 11.5 Å². The zero-order valence-corrected chi connectivity index (χ0v) is 21.8. The van der Waals surface area contributed by atoms with E-state index in [9.17, 15) is 22.8 Å². The number of nitrogens with one attached hydrogen (secondary N) is 2. The third kappa shape index (κ3) is 8.27. The monoisotopic (exact) mass is 537 g/mol. The van der Waals surface area contributed by atoms with Crippen LogP contribution in [0, 0.1) is 0 Å². The van der Waals surface area contributed by atoms with Crippen LogP contribution in [0.3, 0.4) is 0 Å². The number of halogens is 3. The normalized spacial score (nSPS) is 13.6. The predicted molar refractivity (Wildman–Crippen MR) is 137 cm³/mol. The molecule has 0 saturated carbocycles. The molecule has 1 aliphatic heterocycles. The highest BCUT2D eigenvalue weighted by Crippen LogP contribution is 2.34. The summed E-state index contributed by atoms with van der Waals surface area (Å²) >= 11 is 0. The molecule has 3 rings (SSSR count). The van der Waals surface area contributed by atoms with E-state index >= 15 is 0 Å². The summed E-state index contributed by atoms with van der Waals surface area (Å²) < 4.78 is 53.0. The Hall–Kier alpha value is -3.47. The van der Waals surface area contributed by atoms with Gasteiger partial charge in [0.1, 0.15) is 13.2 Å². The largest absolute Gasteiger partial charge is 0.488 e. The van der Waals surface area contributed by atoms with Gasteiger partial charge in [0.15, 0.2) is 18.1 Å². The Morgan fingerprint density at radius 1 is 1.13 bits per heavy atom. The van der Waals surface area contributed by atoms with Gasteiger partial charge in [0.2, 0.25) is 0 Å². The number of carbonyl (C=O) groups is 2. The minimum atomic E-state index is -4.43. The molecule has 1 aliphatic rings. The van der Waals surface area contributed by atoms with Gasteiger partial charge in [-0.3, -0.25) is 9.59 Å². The van der Waals surface area contributed by atoms with E-state index < -0.39 is 12.8 Å². The Balaban J connectivity index is 1.58. The number of amides is 1. The molecular weight excluding hydrogens is 503 g/mol. The molecule has 2 aromatic rings. The number of fused-ring (bicyclic) bond motifs is 1. The highest BCUT2D eigenvalue weighted by molar-refractivity contribution is 6.01. The van der Waals surface area contributed by atoms with Gasteiger partial charge in [-0.2, -0.15) is 13.2 Å². The first-order valence-corrected chi connectivity index (χ1v) is 12.5. The van der Waals surface area contributed by atoms with Crippen LogP contribution < -0.4 is 25.0 Å². The second kappa shape index (κ2) is 13.4. The number of esters is 1. The zero-order chi connectivity index (χ0) is 27.7. The third-order valence-corrected chi connectivity index (χ3v) is 5.95. The fourth-order valence-corrected chi connectivity index (χ4v) is 4.38. The fourth-order valence-electron chi connectivity index (χ4n) is 4.38. The van der Waals surface area contributed by atoms with Gasteiger partial charge in [-0.15, -0.1) is 0 Å². The number of ether oxygens (including phenoxy) is 3. The summed E-state index contributed by atoms with van der Waals surface area (Å²) in [6.07, 6.45) is -3.07. The van der Waals surface area contributed by atoms with E-state index in [2.05, 4.69) is 16.7 Å². The van der Waals surface area contributed by atoms with Crippen molar-refractivity contribution in [3.05, 3.63) is 53.1 Å². The van der Waals surface area contributed by atoms with Crippen LogP contribution in [0.5, 0.6) is 11.5 Å². The Bertz CT molecular complexity index is 1110. The molecule has 1 heterocycles. The van der Waals surface area contributed by atoms with Gasteiger partial charge in [0.05, 0.1) is 17.9 Å². The van der Waals surface area contributed by atoms with Crippen LogP contribution in [0.2, 0.25) is 0 Å². The van der Waals surface area contributed by atoms with Crippen LogP contribution in [0.25, 0.3) is 0 Å². The van der Waals surface area contributed by atoms with Crippen LogP contribution in [0.1, 0.15) is 35.3 Å². The van der Waals surface area contributed by atoms with Gasteiger partial charge < -0.3 is 29.7 Å². The lowest BCUT2D eigenvalue weighted by Gasteiger charge is -2.22. The second-order valence-corrected chi connectivity index (χ2v) is 8.97. The number of hydrogen-bond acceptors (Lipinski definition) is 7. The lowest BCUT2D eigenvalue weighted by molar-refractivity contribution is -0.153. The molecule has 0 aliphatic carbocycles. The zero-order valence-electron chi connectivity index (χ0n) is 21.8. The molecule has 1 atom stereocenters. The predicted octanol–water partition coefficient (Wildman–Crippen LogP) is 3.51. The molecule has 0 aromatic heterocycles. The molecular formula is C27H34F3N3O5. The minimum Gasteiger partial charge on any atom is -0.488 e. The molecule has 0 saturated heterocycles. The summed E-state index contributed by atoms with van der Waals surface area (Å²) in [4.78, 5) is 26.6. The number of rotatable bonds is 13. The standard InChI is InChI=1S/C27H34F3N3O5/c1-4-36-24(34)16-33-11-9-20-14-19(15-21(25(20)33)26(35)31-3)13-18(2)32-10-12-37-22-7-5-6-8-23(22)38-17-27(28,29)30/h5-8,14-15,18,32H,4,9-13,16-17H2,1-3H3,(H,31,35). The maximum Gasteiger partial charge on any atom is 0.422 e. The highest BCUT2D eigenvalue weighted by atomic mass is 19.4. The van der Waals surface area contributed by atoms with Crippen LogP contribution in [0.4, 0.5) is 18.9 Å². The molecule has 11 heteroatoms. The molecule has 0 spiro atoms. The SMILES string of the molecule is CCOC(=O)CN1CCc2cc(CC(C)NCCOc3ccccc3OCC(F)(F)F)cc(C(=O)NC)c21. The van der Waals surface area contributed by atoms with Gasteiger partial charge in [-0.1, -0.05) is 18.2 Å². The fraction of sp³-hybridized carbons (Fsp3) is 0.481. The summed E-state index contributed by atoms with van der Waals surface area (Å²) in [5, 5.41) is 6.02. The Labute approximate surface area is 220 Å². The molecule has 0 bridgehead atoms. The first-order chi connectivity index (χ1) is 18.1. The van der Waals surface area contributed by atoms with Crippen molar-refractivity contribution in [1.29, 1.82) is 0 Å². The van der Waals surface area contributed by atoms with Crippen LogP contribution >= 0.6 is 0 Å². The summed E-state index contributed by atoms with van der Waals surface area (Å²) in [5.41, 5.74) is 3.28. The van der Waals surface area contributed by atoms with E-state index in [0.717, 1.165) is 23.2 Å². The van der Waals surface area contributed by atoms with Gasteiger partial charge in [-0.05, 0) is 56.0 Å². The maximum absolute atomic E-state index is 12.7. The maximum atomic E-state index is 12.7. The first kappa shape index (κ1) is 29.1. The van der Waals surface area contributed by atoms with Crippen LogP contribution in [-0.4, -0.2) is 70.6 Å².